The van der Waals surface area contributed by atoms with Crippen molar-refractivity contribution in [1.29, 1.82) is 0 Å². The molecule has 1 atom stereocenters. The molecular formula is C12H16Cl2O. The van der Waals surface area contributed by atoms with Crippen LogP contribution in [0.4, 0.5) is 0 Å². The van der Waals surface area contributed by atoms with E-state index in [-0.39, 0.29) is 5.60 Å². The van der Waals surface area contributed by atoms with Crippen molar-refractivity contribution >= 4 is 23.2 Å². The van der Waals surface area contributed by atoms with Gasteiger partial charge < -0.3 is 4.74 Å². The van der Waals surface area contributed by atoms with Gasteiger partial charge in [-0.1, -0.05) is 42.6 Å². The standard InChI is InChI=1S/C12H16Cl2O/c1-4-7-12(2,15-3)10-6-5-9(13)8-11(10)14/h5-6,8H,4,7H2,1-3H3. The van der Waals surface area contributed by atoms with Gasteiger partial charge in [0.05, 0.1) is 5.60 Å². The molecular weight excluding hydrogens is 231 g/mol. The van der Waals surface area contributed by atoms with Crippen LogP contribution >= 0.6 is 23.2 Å². The van der Waals surface area contributed by atoms with Gasteiger partial charge in [-0.05, 0) is 25.5 Å². The SMILES string of the molecule is CCCC(C)(OC)c1ccc(Cl)cc1Cl. The monoisotopic (exact) mass is 246 g/mol. The van der Waals surface area contributed by atoms with E-state index in [1.165, 1.54) is 0 Å². The summed E-state index contributed by atoms with van der Waals surface area (Å²) in [6.45, 7) is 4.17. The molecule has 84 valence electrons. The molecule has 1 aromatic rings. The Morgan fingerprint density at radius 2 is 2.00 bits per heavy atom. The highest BCUT2D eigenvalue weighted by Crippen LogP contribution is 2.35. The molecule has 0 saturated carbocycles. The van der Waals surface area contributed by atoms with Crippen molar-refractivity contribution < 1.29 is 4.74 Å². The molecule has 0 radical (unpaired) electrons. The molecule has 0 amide bonds. The number of ether oxygens (including phenoxy) is 1. The van der Waals surface area contributed by atoms with E-state index in [0.29, 0.717) is 10.0 Å². The quantitative estimate of drug-likeness (QED) is 0.752. The molecule has 0 aliphatic rings. The van der Waals surface area contributed by atoms with Gasteiger partial charge in [-0.25, -0.2) is 0 Å². The second-order valence-electron chi connectivity index (χ2n) is 3.81. The van der Waals surface area contributed by atoms with E-state index in [4.69, 9.17) is 27.9 Å². The van der Waals surface area contributed by atoms with Crippen LogP contribution in [0.2, 0.25) is 10.0 Å². The van der Waals surface area contributed by atoms with E-state index < -0.39 is 0 Å². The van der Waals surface area contributed by atoms with Crippen LogP contribution in [-0.2, 0) is 10.3 Å². The molecule has 0 spiro atoms. The highest BCUT2D eigenvalue weighted by Gasteiger charge is 2.27. The van der Waals surface area contributed by atoms with Gasteiger partial charge in [0.15, 0.2) is 0 Å². The van der Waals surface area contributed by atoms with E-state index in [0.717, 1.165) is 18.4 Å². The molecule has 0 fully saturated rings. The summed E-state index contributed by atoms with van der Waals surface area (Å²) in [7, 11) is 1.71. The van der Waals surface area contributed by atoms with E-state index in [1.807, 2.05) is 19.1 Å². The average Bonchev–Trinajstić information content (AvgIpc) is 2.17. The van der Waals surface area contributed by atoms with Gasteiger partial charge in [-0.15, -0.1) is 0 Å². The molecule has 0 N–H and O–H groups in total. The fourth-order valence-electron chi connectivity index (χ4n) is 1.74. The van der Waals surface area contributed by atoms with Gasteiger partial charge in [0.2, 0.25) is 0 Å². The van der Waals surface area contributed by atoms with E-state index in [2.05, 4.69) is 6.92 Å². The fourth-order valence-corrected chi connectivity index (χ4v) is 2.35. The van der Waals surface area contributed by atoms with Crippen LogP contribution in [0.3, 0.4) is 0 Å². The van der Waals surface area contributed by atoms with Crippen LogP contribution in [0.25, 0.3) is 0 Å². The maximum atomic E-state index is 6.16. The van der Waals surface area contributed by atoms with Crippen molar-refractivity contribution in [3.05, 3.63) is 33.8 Å². The van der Waals surface area contributed by atoms with Gasteiger partial charge in [-0.3, -0.25) is 0 Å². The molecule has 0 bridgehead atoms. The zero-order valence-electron chi connectivity index (χ0n) is 9.31. The summed E-state index contributed by atoms with van der Waals surface area (Å²) >= 11 is 12.0. The Kier molecular flexibility index (Phi) is 4.45. The maximum absolute atomic E-state index is 6.16. The van der Waals surface area contributed by atoms with Crippen molar-refractivity contribution in [3.63, 3.8) is 0 Å². The first-order valence-corrected chi connectivity index (χ1v) is 5.79. The Morgan fingerprint density at radius 3 is 2.47 bits per heavy atom. The minimum absolute atomic E-state index is 0.323. The van der Waals surface area contributed by atoms with Crippen LogP contribution in [0.1, 0.15) is 32.3 Å². The first-order valence-electron chi connectivity index (χ1n) is 5.04. The summed E-state index contributed by atoms with van der Waals surface area (Å²) in [5.74, 6) is 0. The number of benzene rings is 1. The summed E-state index contributed by atoms with van der Waals surface area (Å²) in [6, 6.07) is 5.53. The molecule has 15 heavy (non-hydrogen) atoms. The predicted octanol–water partition coefficient (Wildman–Crippen LogP) is 4.66. The molecule has 3 heteroatoms. The largest absolute Gasteiger partial charge is 0.374 e. The molecule has 1 rings (SSSR count). The third-order valence-corrected chi connectivity index (χ3v) is 3.23. The van der Waals surface area contributed by atoms with Gasteiger partial charge in [-0.2, -0.15) is 0 Å². The zero-order valence-corrected chi connectivity index (χ0v) is 10.8. The Hall–Kier alpha value is -0.240. The Bertz CT molecular complexity index is 338. The molecule has 0 saturated heterocycles. The van der Waals surface area contributed by atoms with E-state index >= 15 is 0 Å². The van der Waals surface area contributed by atoms with Crippen LogP contribution in [0.15, 0.2) is 18.2 Å². The fraction of sp³-hybridized carbons (Fsp3) is 0.500. The summed E-state index contributed by atoms with van der Waals surface area (Å²) < 4.78 is 5.56. The molecule has 1 aromatic carbocycles. The average molecular weight is 247 g/mol. The van der Waals surface area contributed by atoms with E-state index in [9.17, 15) is 0 Å². The predicted molar refractivity (Wildman–Crippen MR) is 65.7 cm³/mol. The molecule has 0 aromatic heterocycles. The molecule has 0 heterocycles. The van der Waals surface area contributed by atoms with Crippen molar-refractivity contribution in [2.45, 2.75) is 32.3 Å². The molecule has 1 nitrogen and oxygen atoms in total. The molecule has 1 unspecified atom stereocenters. The van der Waals surface area contributed by atoms with Gasteiger partial charge >= 0.3 is 0 Å². The molecule has 0 aliphatic heterocycles. The number of hydrogen-bond donors (Lipinski definition) is 0. The summed E-state index contributed by atoms with van der Waals surface area (Å²) in [6.07, 6.45) is 1.98. The molecule has 0 aliphatic carbocycles. The third-order valence-electron chi connectivity index (χ3n) is 2.68. The van der Waals surface area contributed by atoms with Crippen LogP contribution < -0.4 is 0 Å². The Morgan fingerprint density at radius 1 is 1.33 bits per heavy atom. The number of hydrogen-bond acceptors (Lipinski definition) is 1. The maximum Gasteiger partial charge on any atom is 0.0913 e. The highest BCUT2D eigenvalue weighted by molar-refractivity contribution is 6.35. The third kappa shape index (κ3) is 2.87. The lowest BCUT2D eigenvalue weighted by atomic mass is 9.91. The zero-order chi connectivity index (χ0) is 11.5. The lowest BCUT2D eigenvalue weighted by molar-refractivity contribution is -0.00601. The smallest absolute Gasteiger partial charge is 0.0913 e. The lowest BCUT2D eigenvalue weighted by Gasteiger charge is -2.29. The first kappa shape index (κ1) is 12.8. The first-order chi connectivity index (χ1) is 7.03. The topological polar surface area (TPSA) is 9.23 Å². The number of halogens is 2. The van der Waals surface area contributed by atoms with Crippen LogP contribution in [0, 0.1) is 0 Å². The lowest BCUT2D eigenvalue weighted by Crippen LogP contribution is -2.24. The summed E-state index contributed by atoms with van der Waals surface area (Å²) in [5.41, 5.74) is 0.675. The number of methoxy groups -OCH3 is 1. The second kappa shape index (κ2) is 5.20. The van der Waals surface area contributed by atoms with Crippen LogP contribution in [-0.4, -0.2) is 7.11 Å². The van der Waals surface area contributed by atoms with E-state index in [1.54, 1.807) is 13.2 Å². The van der Waals surface area contributed by atoms with Gasteiger partial charge in [0.25, 0.3) is 0 Å². The minimum Gasteiger partial charge on any atom is -0.374 e. The highest BCUT2D eigenvalue weighted by atomic mass is 35.5. The second-order valence-corrected chi connectivity index (χ2v) is 4.65. The van der Waals surface area contributed by atoms with Crippen molar-refractivity contribution in [2.75, 3.05) is 7.11 Å². The normalized spacial score (nSPS) is 15.0. The van der Waals surface area contributed by atoms with Crippen LogP contribution in [0.5, 0.6) is 0 Å². The Balaban J connectivity index is 3.12. The number of rotatable bonds is 4. The summed E-state index contributed by atoms with van der Waals surface area (Å²) in [5, 5.41) is 1.32. The minimum atomic E-state index is -0.323. The van der Waals surface area contributed by atoms with Crippen molar-refractivity contribution in [2.24, 2.45) is 0 Å². The van der Waals surface area contributed by atoms with Gasteiger partial charge in [0, 0.05) is 22.7 Å². The summed E-state index contributed by atoms with van der Waals surface area (Å²) in [4.78, 5) is 0. The van der Waals surface area contributed by atoms with Crippen molar-refractivity contribution in [3.8, 4) is 0 Å². The van der Waals surface area contributed by atoms with Crippen molar-refractivity contribution in [1.82, 2.24) is 0 Å². The Labute approximate surface area is 101 Å². The van der Waals surface area contributed by atoms with Gasteiger partial charge in [0.1, 0.15) is 0 Å².